The molecule has 2 aromatic carbocycles. The fraction of sp³-hybridized carbons (Fsp3) is 0.350. The molecule has 0 bridgehead atoms. The van der Waals surface area contributed by atoms with Gasteiger partial charge in [-0.05, 0) is 25.0 Å². The third kappa shape index (κ3) is 3.84. The molecule has 0 aliphatic carbocycles. The first-order valence-corrected chi connectivity index (χ1v) is 8.95. The summed E-state index contributed by atoms with van der Waals surface area (Å²) in [5, 5.41) is 26.3. The van der Waals surface area contributed by atoms with Gasteiger partial charge in [-0.1, -0.05) is 24.3 Å². The number of hydrogen-bond donors (Lipinski definition) is 2. The van der Waals surface area contributed by atoms with Crippen LogP contribution >= 0.6 is 0 Å². The van der Waals surface area contributed by atoms with Crippen molar-refractivity contribution in [2.75, 3.05) is 32.5 Å². The summed E-state index contributed by atoms with van der Waals surface area (Å²) in [6.07, 6.45) is 0.722. The van der Waals surface area contributed by atoms with Crippen LogP contribution in [0, 0.1) is 24.0 Å². The lowest BCUT2D eigenvalue weighted by Gasteiger charge is -2.20. The first-order chi connectivity index (χ1) is 12.7. The third-order valence-corrected chi connectivity index (χ3v) is 4.72. The standard InChI is InChI=1S/C20H25N4O3/c1-13-7-5-8-15-18(13)22-19-14(2)9-10-16(23(25)26)17(19)20(15)21-11-6-12-24(3,4)27/h5,7-10,27H,6,11-12H2,1-4H3,(H,21,22)/q+1. The number of nitrogens with one attached hydrogen (secondary N) is 1. The van der Waals surface area contributed by atoms with Gasteiger partial charge in [0.25, 0.3) is 5.69 Å². The van der Waals surface area contributed by atoms with E-state index in [1.807, 2.05) is 32.0 Å². The lowest BCUT2D eigenvalue weighted by atomic mass is 10.0. The van der Waals surface area contributed by atoms with E-state index in [2.05, 4.69) is 5.32 Å². The summed E-state index contributed by atoms with van der Waals surface area (Å²) in [4.78, 5) is 16.1. The summed E-state index contributed by atoms with van der Waals surface area (Å²) in [5.41, 5.74) is 4.19. The highest BCUT2D eigenvalue weighted by Gasteiger charge is 2.21. The van der Waals surface area contributed by atoms with Crippen LogP contribution in [0.5, 0.6) is 0 Å². The van der Waals surface area contributed by atoms with Gasteiger partial charge in [0, 0.05) is 24.4 Å². The van der Waals surface area contributed by atoms with Crippen molar-refractivity contribution in [2.45, 2.75) is 20.3 Å². The number of quaternary nitrogens is 1. The van der Waals surface area contributed by atoms with Crippen LogP contribution in [0.15, 0.2) is 30.3 Å². The Morgan fingerprint density at radius 3 is 2.52 bits per heavy atom. The van der Waals surface area contributed by atoms with E-state index in [-0.39, 0.29) is 15.3 Å². The number of benzene rings is 2. The quantitative estimate of drug-likeness (QED) is 0.224. The van der Waals surface area contributed by atoms with Gasteiger partial charge < -0.3 is 5.32 Å². The van der Waals surface area contributed by atoms with Crippen molar-refractivity contribution < 1.29 is 14.8 Å². The number of aromatic nitrogens is 1. The molecule has 0 radical (unpaired) electrons. The Morgan fingerprint density at radius 2 is 1.85 bits per heavy atom. The number of hydroxylamine groups is 3. The summed E-state index contributed by atoms with van der Waals surface area (Å²) in [6, 6.07) is 9.15. The van der Waals surface area contributed by atoms with Gasteiger partial charge in [0.1, 0.15) is 11.9 Å². The molecule has 0 fully saturated rings. The first-order valence-electron chi connectivity index (χ1n) is 8.95. The molecule has 0 saturated carbocycles. The molecule has 3 aromatic rings. The minimum absolute atomic E-state index is 0.0484. The van der Waals surface area contributed by atoms with Crippen molar-refractivity contribution in [3.05, 3.63) is 51.6 Å². The van der Waals surface area contributed by atoms with E-state index < -0.39 is 0 Å². The summed E-state index contributed by atoms with van der Waals surface area (Å²) in [5.74, 6) is 0. The first kappa shape index (κ1) is 19.0. The van der Waals surface area contributed by atoms with Crippen LogP contribution in [0.4, 0.5) is 11.4 Å². The topological polar surface area (TPSA) is 88.3 Å². The molecule has 0 atom stereocenters. The fourth-order valence-corrected chi connectivity index (χ4v) is 3.35. The van der Waals surface area contributed by atoms with Gasteiger partial charge in [-0.15, -0.1) is 0 Å². The van der Waals surface area contributed by atoms with Crippen LogP contribution in [0.3, 0.4) is 0 Å². The van der Waals surface area contributed by atoms with Gasteiger partial charge in [0.05, 0.1) is 35.7 Å². The highest BCUT2D eigenvalue weighted by molar-refractivity contribution is 6.12. The number of aryl methyl sites for hydroxylation is 2. The van der Waals surface area contributed by atoms with Gasteiger partial charge in [-0.3, -0.25) is 10.1 Å². The Labute approximate surface area is 157 Å². The van der Waals surface area contributed by atoms with Gasteiger partial charge >= 0.3 is 0 Å². The van der Waals surface area contributed by atoms with Crippen LogP contribution in [0.1, 0.15) is 17.5 Å². The number of fused-ring (bicyclic) bond motifs is 2. The summed E-state index contributed by atoms with van der Waals surface area (Å²) >= 11 is 0. The number of hydrogen-bond acceptors (Lipinski definition) is 5. The number of pyridine rings is 1. The molecule has 0 unspecified atom stereocenters. The van der Waals surface area contributed by atoms with Crippen molar-refractivity contribution in [2.24, 2.45) is 0 Å². The monoisotopic (exact) mass is 369 g/mol. The molecule has 2 N–H and O–H groups in total. The largest absolute Gasteiger partial charge is 0.384 e. The zero-order valence-corrected chi connectivity index (χ0v) is 16.1. The van der Waals surface area contributed by atoms with Crippen LogP contribution in [0.25, 0.3) is 21.8 Å². The molecule has 27 heavy (non-hydrogen) atoms. The van der Waals surface area contributed by atoms with E-state index in [0.717, 1.165) is 34.1 Å². The molecule has 142 valence electrons. The van der Waals surface area contributed by atoms with Crippen molar-refractivity contribution in [1.82, 2.24) is 4.98 Å². The maximum absolute atomic E-state index is 11.7. The van der Waals surface area contributed by atoms with Gasteiger partial charge in [-0.2, -0.15) is 4.65 Å². The van der Waals surface area contributed by atoms with Crippen LogP contribution in [0.2, 0.25) is 0 Å². The summed E-state index contributed by atoms with van der Waals surface area (Å²) < 4.78 is -0.113. The second-order valence-electron chi connectivity index (χ2n) is 7.47. The van der Waals surface area contributed by atoms with Crippen molar-refractivity contribution in [1.29, 1.82) is 0 Å². The maximum Gasteiger partial charge on any atom is 0.280 e. The number of non-ortho nitro benzene ring substituents is 1. The Balaban J connectivity index is 2.20. The molecule has 0 aliphatic heterocycles. The number of nitro benzene ring substituents is 1. The molecule has 0 amide bonds. The highest BCUT2D eigenvalue weighted by Crippen LogP contribution is 2.38. The Kier molecular flexibility index (Phi) is 4.99. The summed E-state index contributed by atoms with van der Waals surface area (Å²) in [7, 11) is 3.43. The molecule has 0 saturated heterocycles. The number of nitro groups is 1. The molecule has 0 aliphatic rings. The van der Waals surface area contributed by atoms with E-state index in [1.54, 1.807) is 26.2 Å². The predicted molar refractivity (Wildman–Crippen MR) is 107 cm³/mol. The normalized spacial score (nSPS) is 11.9. The Morgan fingerprint density at radius 1 is 1.15 bits per heavy atom. The number of rotatable bonds is 6. The minimum atomic E-state index is -0.357. The smallest absolute Gasteiger partial charge is 0.280 e. The van der Waals surface area contributed by atoms with Crippen molar-refractivity contribution in [3.63, 3.8) is 0 Å². The molecule has 7 heteroatoms. The second kappa shape index (κ2) is 7.09. The number of nitrogens with zero attached hydrogens (tertiary/aromatic N) is 3. The molecule has 1 aromatic heterocycles. The average molecular weight is 369 g/mol. The van der Waals surface area contributed by atoms with E-state index in [1.165, 1.54) is 0 Å². The van der Waals surface area contributed by atoms with Crippen LogP contribution in [-0.4, -0.2) is 46.9 Å². The number of para-hydroxylation sites is 1. The average Bonchev–Trinajstić information content (AvgIpc) is 2.58. The molecule has 0 spiro atoms. The van der Waals surface area contributed by atoms with E-state index in [4.69, 9.17) is 4.98 Å². The zero-order valence-electron chi connectivity index (χ0n) is 16.1. The van der Waals surface area contributed by atoms with Crippen LogP contribution < -0.4 is 5.32 Å². The molecular formula is C20H25N4O3+. The van der Waals surface area contributed by atoms with Gasteiger partial charge in [0.2, 0.25) is 0 Å². The van der Waals surface area contributed by atoms with Crippen molar-refractivity contribution in [3.8, 4) is 0 Å². The molecule has 7 nitrogen and oxygen atoms in total. The molecular weight excluding hydrogens is 344 g/mol. The second-order valence-corrected chi connectivity index (χ2v) is 7.47. The lowest BCUT2D eigenvalue weighted by Crippen LogP contribution is -2.36. The SMILES string of the molecule is Cc1cccc2c(NCCC[N+](C)(C)O)c3c([N+](=O)[O-])ccc(C)c3nc12. The minimum Gasteiger partial charge on any atom is -0.384 e. The third-order valence-electron chi connectivity index (χ3n) is 4.72. The lowest BCUT2D eigenvalue weighted by molar-refractivity contribution is -1.07. The summed E-state index contributed by atoms with van der Waals surface area (Å²) in [6.45, 7) is 5.08. The van der Waals surface area contributed by atoms with Crippen LogP contribution in [-0.2, 0) is 0 Å². The Bertz CT molecular complexity index is 1030. The van der Waals surface area contributed by atoms with E-state index in [9.17, 15) is 15.3 Å². The van der Waals surface area contributed by atoms with E-state index >= 15 is 0 Å². The maximum atomic E-state index is 11.7. The predicted octanol–water partition coefficient (Wildman–Crippen LogP) is 4.18. The van der Waals surface area contributed by atoms with Crippen molar-refractivity contribution >= 4 is 33.2 Å². The Hall–Kier alpha value is -2.77. The number of anilines is 1. The zero-order chi connectivity index (χ0) is 19.8. The molecule has 1 heterocycles. The highest BCUT2D eigenvalue weighted by atomic mass is 16.6. The molecule has 3 rings (SSSR count). The van der Waals surface area contributed by atoms with Gasteiger partial charge in [-0.25, -0.2) is 10.2 Å². The van der Waals surface area contributed by atoms with E-state index in [0.29, 0.717) is 24.0 Å². The van der Waals surface area contributed by atoms with Gasteiger partial charge in [0.15, 0.2) is 0 Å². The fourth-order valence-electron chi connectivity index (χ4n) is 3.35.